The fraction of sp³-hybridized carbons (Fsp3) is 0.414. The maximum atomic E-state index is 12.7. The predicted octanol–water partition coefficient (Wildman–Crippen LogP) is 5.81. The first-order valence-corrected chi connectivity index (χ1v) is 13.6. The Morgan fingerprint density at radius 2 is 1.70 bits per heavy atom. The quantitative estimate of drug-likeness (QED) is 0.326. The van der Waals surface area contributed by atoms with Crippen LogP contribution in [-0.4, -0.2) is 54.6 Å². The minimum atomic E-state index is -0.882. The molecule has 202 valence electrons. The first-order chi connectivity index (χ1) is 17.8. The van der Waals surface area contributed by atoms with Crippen LogP contribution >= 0.6 is 11.3 Å². The van der Waals surface area contributed by atoms with Gasteiger partial charge in [0.05, 0.1) is 6.54 Å². The van der Waals surface area contributed by atoms with Crippen LogP contribution in [0.25, 0.3) is 0 Å². The van der Waals surface area contributed by atoms with E-state index in [0.29, 0.717) is 43.7 Å². The van der Waals surface area contributed by atoms with Gasteiger partial charge in [0.2, 0.25) is 0 Å². The number of hydrogen-bond acceptors (Lipinski definition) is 5. The normalized spacial score (nSPS) is 10.8. The summed E-state index contributed by atoms with van der Waals surface area (Å²) in [5, 5.41) is 8.62. The van der Waals surface area contributed by atoms with Crippen molar-refractivity contribution in [3.63, 3.8) is 0 Å². The standard InChI is InChI=1S/C20H27FN4O2S.C7H8.C2H6/c1-14(21)11-22-8-5-9-23-19(26)16-6-4-7-17(10-16)20(27)25(3)12-18-24-15(2)13-28-18;1-7-5-3-2-4-6-7;1-2/h4,6-7,10,13-14,22H,5,8-9,11-12H2,1-3H3,(H,23,26);2-6H,1H3;1-2H3. The van der Waals surface area contributed by atoms with E-state index in [9.17, 15) is 14.0 Å². The van der Waals surface area contributed by atoms with E-state index in [-0.39, 0.29) is 11.8 Å². The Hall–Kier alpha value is -3.10. The number of thiazole rings is 1. The fourth-order valence-electron chi connectivity index (χ4n) is 3.12. The molecule has 3 rings (SSSR count). The lowest BCUT2D eigenvalue weighted by Gasteiger charge is -2.16. The lowest BCUT2D eigenvalue weighted by molar-refractivity contribution is 0.0785. The molecule has 3 aromatic rings. The van der Waals surface area contributed by atoms with Crippen LogP contribution in [0.2, 0.25) is 0 Å². The predicted molar refractivity (Wildman–Crippen MR) is 152 cm³/mol. The van der Waals surface area contributed by atoms with Gasteiger partial charge in [-0.15, -0.1) is 11.3 Å². The fourth-order valence-corrected chi connectivity index (χ4v) is 3.94. The van der Waals surface area contributed by atoms with Gasteiger partial charge in [0.1, 0.15) is 11.2 Å². The van der Waals surface area contributed by atoms with E-state index >= 15 is 0 Å². The zero-order valence-corrected chi connectivity index (χ0v) is 23.7. The van der Waals surface area contributed by atoms with Crippen LogP contribution in [0, 0.1) is 13.8 Å². The molecule has 2 amide bonds. The van der Waals surface area contributed by atoms with Gasteiger partial charge < -0.3 is 15.5 Å². The minimum absolute atomic E-state index is 0.160. The SMILES string of the molecule is CC.Cc1ccccc1.Cc1csc(CN(C)C(=O)c2cccc(C(=O)NCCCNCC(C)F)c2)n1. The molecular formula is C29H41FN4O2S. The molecule has 0 aliphatic rings. The number of rotatable bonds is 10. The third-order valence-electron chi connectivity index (χ3n) is 4.94. The van der Waals surface area contributed by atoms with E-state index in [0.717, 1.165) is 10.7 Å². The largest absolute Gasteiger partial charge is 0.352 e. The van der Waals surface area contributed by atoms with Gasteiger partial charge in [0.25, 0.3) is 11.8 Å². The molecule has 37 heavy (non-hydrogen) atoms. The summed E-state index contributed by atoms with van der Waals surface area (Å²) in [5.74, 6) is -0.390. The lowest BCUT2D eigenvalue weighted by atomic mass is 10.1. The van der Waals surface area contributed by atoms with Crippen molar-refractivity contribution in [1.29, 1.82) is 0 Å². The number of alkyl halides is 1. The van der Waals surface area contributed by atoms with E-state index in [1.54, 1.807) is 36.2 Å². The van der Waals surface area contributed by atoms with Gasteiger partial charge in [-0.1, -0.05) is 55.8 Å². The van der Waals surface area contributed by atoms with Crippen molar-refractivity contribution in [2.45, 2.75) is 53.8 Å². The molecule has 2 N–H and O–H groups in total. The number of nitrogens with zero attached hydrogens (tertiary/aromatic N) is 2. The Kier molecular flexibility index (Phi) is 15.7. The van der Waals surface area contributed by atoms with Gasteiger partial charge in [0.15, 0.2) is 0 Å². The number of hydrogen-bond donors (Lipinski definition) is 2. The Bertz CT molecular complexity index is 1060. The Morgan fingerprint density at radius 3 is 2.27 bits per heavy atom. The summed E-state index contributed by atoms with van der Waals surface area (Å²) in [5.41, 5.74) is 3.16. The average Bonchev–Trinajstić information content (AvgIpc) is 3.31. The van der Waals surface area contributed by atoms with Crippen LogP contribution in [-0.2, 0) is 6.54 Å². The second-order valence-corrected chi connectivity index (χ2v) is 9.32. The molecule has 1 unspecified atom stereocenters. The number of amides is 2. The number of carbonyl (C=O) groups is 2. The van der Waals surface area contributed by atoms with Crippen molar-refractivity contribution >= 4 is 23.2 Å². The molecule has 0 bridgehead atoms. The van der Waals surface area contributed by atoms with Crippen LogP contribution in [0.4, 0.5) is 4.39 Å². The van der Waals surface area contributed by atoms with Crippen molar-refractivity contribution < 1.29 is 14.0 Å². The molecule has 0 spiro atoms. The average molecular weight is 529 g/mol. The third kappa shape index (κ3) is 13.1. The monoisotopic (exact) mass is 528 g/mol. The first-order valence-electron chi connectivity index (χ1n) is 12.7. The molecule has 0 saturated heterocycles. The Labute approximate surface area is 225 Å². The van der Waals surface area contributed by atoms with Gasteiger partial charge in [-0.2, -0.15) is 0 Å². The van der Waals surface area contributed by atoms with Crippen molar-refractivity contribution in [2.24, 2.45) is 0 Å². The van der Waals surface area contributed by atoms with Gasteiger partial charge in [0, 0.05) is 42.3 Å². The zero-order chi connectivity index (χ0) is 27.6. The Morgan fingerprint density at radius 1 is 1.03 bits per heavy atom. The summed E-state index contributed by atoms with van der Waals surface area (Å²) in [6.45, 7) is 11.4. The topological polar surface area (TPSA) is 74.3 Å². The van der Waals surface area contributed by atoms with E-state index in [1.165, 1.54) is 23.8 Å². The van der Waals surface area contributed by atoms with Crippen LogP contribution in [0.3, 0.4) is 0 Å². The van der Waals surface area contributed by atoms with E-state index in [4.69, 9.17) is 0 Å². The molecule has 0 aliphatic carbocycles. The number of aryl methyl sites for hydroxylation is 2. The number of nitrogens with one attached hydrogen (secondary N) is 2. The van der Waals surface area contributed by atoms with Gasteiger partial charge in [-0.05, 0) is 51.9 Å². The van der Waals surface area contributed by atoms with Crippen LogP contribution in [0.15, 0.2) is 60.0 Å². The van der Waals surface area contributed by atoms with Gasteiger partial charge >= 0.3 is 0 Å². The second kappa shape index (κ2) is 18.2. The summed E-state index contributed by atoms with van der Waals surface area (Å²) in [6, 6.07) is 16.9. The van der Waals surface area contributed by atoms with E-state index < -0.39 is 6.17 Å². The zero-order valence-electron chi connectivity index (χ0n) is 22.9. The van der Waals surface area contributed by atoms with E-state index in [1.807, 2.05) is 44.4 Å². The molecule has 0 fully saturated rings. The number of halogens is 1. The third-order valence-corrected chi connectivity index (χ3v) is 5.89. The van der Waals surface area contributed by atoms with Gasteiger partial charge in [-0.3, -0.25) is 9.59 Å². The van der Waals surface area contributed by atoms with Crippen LogP contribution in [0.5, 0.6) is 0 Å². The smallest absolute Gasteiger partial charge is 0.253 e. The van der Waals surface area contributed by atoms with Gasteiger partial charge in [-0.25, -0.2) is 9.37 Å². The van der Waals surface area contributed by atoms with Crippen LogP contribution in [0.1, 0.15) is 64.2 Å². The molecule has 0 aliphatic heterocycles. The summed E-state index contributed by atoms with van der Waals surface area (Å²) >= 11 is 1.52. The molecular weight excluding hydrogens is 487 g/mol. The minimum Gasteiger partial charge on any atom is -0.352 e. The highest BCUT2D eigenvalue weighted by Crippen LogP contribution is 2.14. The maximum Gasteiger partial charge on any atom is 0.253 e. The molecule has 1 aromatic heterocycles. The maximum absolute atomic E-state index is 12.7. The molecule has 2 aromatic carbocycles. The van der Waals surface area contributed by atoms with Crippen molar-refractivity contribution in [1.82, 2.24) is 20.5 Å². The van der Waals surface area contributed by atoms with Crippen molar-refractivity contribution in [3.05, 3.63) is 87.4 Å². The number of aromatic nitrogens is 1. The molecule has 6 nitrogen and oxygen atoms in total. The summed E-state index contributed by atoms with van der Waals surface area (Å²) in [4.78, 5) is 30.9. The molecule has 8 heteroatoms. The summed E-state index contributed by atoms with van der Waals surface area (Å²) in [7, 11) is 1.72. The highest BCUT2D eigenvalue weighted by atomic mass is 32.1. The highest BCUT2D eigenvalue weighted by Gasteiger charge is 2.15. The second-order valence-electron chi connectivity index (χ2n) is 8.37. The first kappa shape index (κ1) is 31.9. The number of benzene rings is 2. The number of carbonyl (C=O) groups excluding carboxylic acids is 2. The summed E-state index contributed by atoms with van der Waals surface area (Å²) < 4.78 is 12.7. The molecule has 1 atom stereocenters. The lowest BCUT2D eigenvalue weighted by Crippen LogP contribution is -2.29. The summed E-state index contributed by atoms with van der Waals surface area (Å²) in [6.07, 6.45) is -0.180. The van der Waals surface area contributed by atoms with E-state index in [2.05, 4.69) is 34.7 Å². The van der Waals surface area contributed by atoms with Crippen molar-refractivity contribution in [2.75, 3.05) is 26.7 Å². The molecule has 1 heterocycles. The van der Waals surface area contributed by atoms with Crippen molar-refractivity contribution in [3.8, 4) is 0 Å². The highest BCUT2D eigenvalue weighted by molar-refractivity contribution is 7.09. The van der Waals surface area contributed by atoms with Crippen LogP contribution < -0.4 is 10.6 Å². The molecule has 0 saturated carbocycles. The Balaban J connectivity index is 0.000000645. The molecule has 0 radical (unpaired) electrons.